The van der Waals surface area contributed by atoms with Gasteiger partial charge in [-0.15, -0.1) is 4.91 Å². The third-order valence-corrected chi connectivity index (χ3v) is 3.84. The van der Waals surface area contributed by atoms with Gasteiger partial charge in [0.05, 0.1) is 21.3 Å². The molecule has 0 spiro atoms. The van der Waals surface area contributed by atoms with Crippen LogP contribution in [0.4, 0.5) is 11.4 Å². The second kappa shape index (κ2) is 4.47. The third kappa shape index (κ3) is 1.68. The number of nitro groups is 1. The molecule has 23 heavy (non-hydrogen) atoms. The van der Waals surface area contributed by atoms with Gasteiger partial charge in [0.2, 0.25) is 0 Å². The summed E-state index contributed by atoms with van der Waals surface area (Å²) < 4.78 is 1.32. The highest BCUT2D eigenvalue weighted by molar-refractivity contribution is 6.02. The minimum atomic E-state index is -0.561. The predicted molar refractivity (Wildman–Crippen MR) is 85.1 cm³/mol. The Balaban J connectivity index is 2.31. The molecule has 0 bridgehead atoms. The van der Waals surface area contributed by atoms with Crippen LogP contribution in [-0.4, -0.2) is 14.3 Å². The average molecular weight is 308 g/mol. The van der Waals surface area contributed by atoms with Crippen LogP contribution >= 0.6 is 0 Å². The van der Waals surface area contributed by atoms with E-state index in [0.29, 0.717) is 16.4 Å². The number of non-ortho nitro benzene ring substituents is 1. The molecule has 8 nitrogen and oxygen atoms in total. The lowest BCUT2D eigenvalue weighted by Gasteiger charge is -2.01. The molecule has 2 heterocycles. The van der Waals surface area contributed by atoms with Gasteiger partial charge in [0.1, 0.15) is 5.65 Å². The van der Waals surface area contributed by atoms with E-state index in [4.69, 9.17) is 0 Å². The van der Waals surface area contributed by atoms with Gasteiger partial charge in [0.25, 0.3) is 11.2 Å². The Kier molecular flexibility index (Phi) is 2.55. The molecule has 0 aliphatic carbocycles. The minimum Gasteiger partial charge on any atom is -0.339 e. The lowest BCUT2D eigenvalue weighted by Crippen LogP contribution is -2.13. The fourth-order valence-electron chi connectivity index (χ4n) is 2.82. The zero-order valence-corrected chi connectivity index (χ0v) is 11.5. The first-order valence-corrected chi connectivity index (χ1v) is 6.69. The zero-order chi connectivity index (χ0) is 16.1. The summed E-state index contributed by atoms with van der Waals surface area (Å²) in [6.07, 6.45) is 0. The predicted octanol–water partition coefficient (Wildman–Crippen LogP) is 3.24. The molecule has 0 unspecified atom stereocenters. The van der Waals surface area contributed by atoms with Gasteiger partial charge in [0, 0.05) is 17.5 Å². The van der Waals surface area contributed by atoms with E-state index in [9.17, 15) is 19.8 Å². The second-order valence-corrected chi connectivity index (χ2v) is 5.06. The molecular weight excluding hydrogens is 300 g/mol. The molecule has 0 aliphatic heterocycles. The number of hydrogen-bond acceptors (Lipinski definition) is 5. The van der Waals surface area contributed by atoms with E-state index < -0.39 is 4.92 Å². The van der Waals surface area contributed by atoms with Crippen molar-refractivity contribution in [3.63, 3.8) is 0 Å². The van der Waals surface area contributed by atoms with Gasteiger partial charge in [-0.3, -0.25) is 19.3 Å². The molecule has 4 rings (SSSR count). The van der Waals surface area contributed by atoms with Crippen molar-refractivity contribution in [3.8, 4) is 0 Å². The maximum Gasteiger partial charge on any atom is 0.270 e. The van der Waals surface area contributed by atoms with Gasteiger partial charge in [0.15, 0.2) is 5.69 Å². The quantitative estimate of drug-likeness (QED) is 0.348. The second-order valence-electron chi connectivity index (χ2n) is 5.06. The number of nitroso groups, excluding NO2 is 1. The number of fused-ring (bicyclic) bond motifs is 4. The normalized spacial score (nSPS) is 11.3. The lowest BCUT2D eigenvalue weighted by atomic mass is 10.2. The fourth-order valence-corrected chi connectivity index (χ4v) is 2.82. The van der Waals surface area contributed by atoms with Crippen LogP contribution in [-0.2, 0) is 0 Å². The molecule has 0 fully saturated rings. The molecular formula is C15H8N4O4. The summed E-state index contributed by atoms with van der Waals surface area (Å²) in [4.78, 5) is 37.4. The van der Waals surface area contributed by atoms with Crippen LogP contribution in [0, 0.1) is 15.0 Å². The Morgan fingerprint density at radius 2 is 1.91 bits per heavy atom. The van der Waals surface area contributed by atoms with Crippen molar-refractivity contribution in [2.75, 3.05) is 0 Å². The van der Waals surface area contributed by atoms with Crippen LogP contribution < -0.4 is 5.56 Å². The molecule has 0 atom stereocenters. The maximum atomic E-state index is 12.7. The number of nitro benzene ring substituents is 1. The molecule has 0 amide bonds. The first kappa shape index (κ1) is 13.1. The Morgan fingerprint density at radius 1 is 1.13 bits per heavy atom. The van der Waals surface area contributed by atoms with Crippen molar-refractivity contribution in [1.29, 1.82) is 0 Å². The highest BCUT2D eigenvalue weighted by Crippen LogP contribution is 2.34. The summed E-state index contributed by atoms with van der Waals surface area (Å²) in [5.74, 6) is 0. The van der Waals surface area contributed by atoms with Gasteiger partial charge in [-0.1, -0.05) is 12.1 Å². The molecule has 0 saturated carbocycles. The van der Waals surface area contributed by atoms with Crippen LogP contribution in [0.15, 0.2) is 52.4 Å². The third-order valence-electron chi connectivity index (χ3n) is 3.84. The maximum absolute atomic E-state index is 12.7. The number of benzene rings is 2. The lowest BCUT2D eigenvalue weighted by molar-refractivity contribution is -0.384. The summed E-state index contributed by atoms with van der Waals surface area (Å²) in [5, 5.41) is 14.6. The van der Waals surface area contributed by atoms with E-state index in [1.54, 1.807) is 24.3 Å². The molecule has 112 valence electrons. The van der Waals surface area contributed by atoms with Crippen LogP contribution in [0.1, 0.15) is 0 Å². The van der Waals surface area contributed by atoms with Crippen LogP contribution in [0.25, 0.3) is 27.5 Å². The number of nitrogens with one attached hydrogen (secondary N) is 1. The van der Waals surface area contributed by atoms with Crippen LogP contribution in [0.2, 0.25) is 0 Å². The molecule has 0 radical (unpaired) electrons. The number of para-hydroxylation sites is 1. The van der Waals surface area contributed by atoms with Crippen LogP contribution in [0.3, 0.4) is 0 Å². The van der Waals surface area contributed by atoms with E-state index in [2.05, 4.69) is 10.2 Å². The van der Waals surface area contributed by atoms with E-state index in [-0.39, 0.29) is 28.0 Å². The van der Waals surface area contributed by atoms with Gasteiger partial charge in [-0.05, 0) is 23.4 Å². The molecule has 1 N–H and O–H groups in total. The van der Waals surface area contributed by atoms with Crippen molar-refractivity contribution < 1.29 is 4.92 Å². The van der Waals surface area contributed by atoms with Crippen LogP contribution in [0.5, 0.6) is 0 Å². The smallest absolute Gasteiger partial charge is 0.270 e. The average Bonchev–Trinajstić information content (AvgIpc) is 2.87. The SMILES string of the molecule is O=Nc1c2cc([N+](=O)[O-])ccc2n2c(=O)c3ccccc3[nH]c12. The number of nitrogens with zero attached hydrogens (tertiary/aromatic N) is 3. The largest absolute Gasteiger partial charge is 0.339 e. The summed E-state index contributed by atoms with van der Waals surface area (Å²) in [7, 11) is 0. The summed E-state index contributed by atoms with van der Waals surface area (Å²) in [6.45, 7) is 0. The molecule has 2 aromatic carbocycles. The monoisotopic (exact) mass is 308 g/mol. The summed E-state index contributed by atoms with van der Waals surface area (Å²) in [6, 6.07) is 10.9. The van der Waals surface area contributed by atoms with Crippen molar-refractivity contribution in [3.05, 3.63) is 67.8 Å². The van der Waals surface area contributed by atoms with E-state index in [1.165, 1.54) is 22.6 Å². The number of aromatic amines is 1. The Hall–Kier alpha value is -3.55. The van der Waals surface area contributed by atoms with E-state index in [0.717, 1.165) is 0 Å². The molecule has 0 saturated heterocycles. The Labute approximate surface area is 127 Å². The van der Waals surface area contributed by atoms with E-state index >= 15 is 0 Å². The first-order chi connectivity index (χ1) is 11.1. The van der Waals surface area contributed by atoms with Crippen molar-refractivity contribution >= 4 is 38.8 Å². The molecule has 8 heteroatoms. The Bertz CT molecular complexity index is 1190. The van der Waals surface area contributed by atoms with E-state index in [1.807, 2.05) is 0 Å². The van der Waals surface area contributed by atoms with Crippen molar-refractivity contribution in [1.82, 2.24) is 9.38 Å². The van der Waals surface area contributed by atoms with Gasteiger partial charge < -0.3 is 4.98 Å². The molecule has 0 aliphatic rings. The first-order valence-electron chi connectivity index (χ1n) is 6.69. The highest BCUT2D eigenvalue weighted by Gasteiger charge is 2.19. The number of H-pyrrole nitrogens is 1. The highest BCUT2D eigenvalue weighted by atomic mass is 16.6. The zero-order valence-electron chi connectivity index (χ0n) is 11.5. The Morgan fingerprint density at radius 3 is 2.65 bits per heavy atom. The van der Waals surface area contributed by atoms with Gasteiger partial charge in [-0.2, -0.15) is 0 Å². The standard InChI is InChI=1S/C15H8N4O4/c20-15-9-3-1-2-4-11(9)16-14-13(17-21)10-7-8(19(22)23)5-6-12(10)18(14)15/h1-7,16H. The summed E-state index contributed by atoms with van der Waals surface area (Å²) >= 11 is 0. The topological polar surface area (TPSA) is 110 Å². The van der Waals surface area contributed by atoms with Gasteiger partial charge in [-0.25, -0.2) is 0 Å². The van der Waals surface area contributed by atoms with Crippen molar-refractivity contribution in [2.24, 2.45) is 5.18 Å². The van der Waals surface area contributed by atoms with Crippen molar-refractivity contribution in [2.45, 2.75) is 0 Å². The minimum absolute atomic E-state index is 0.0217. The molecule has 2 aromatic heterocycles. The number of rotatable bonds is 2. The fraction of sp³-hybridized carbons (Fsp3) is 0. The summed E-state index contributed by atoms with van der Waals surface area (Å²) in [5.41, 5.74) is 0.670. The van der Waals surface area contributed by atoms with Gasteiger partial charge >= 0.3 is 0 Å². The molecule has 4 aromatic rings. The number of aromatic nitrogens is 2. The number of hydrogen-bond donors (Lipinski definition) is 1.